The van der Waals surface area contributed by atoms with E-state index in [0.717, 1.165) is 17.1 Å². The zero-order valence-electron chi connectivity index (χ0n) is 32.2. The smallest absolute Gasteiger partial charge is 0.0727 e. The predicted molar refractivity (Wildman–Crippen MR) is 247 cm³/mol. The molecule has 0 N–H and O–H groups in total. The molecule has 0 unspecified atom stereocenters. The number of para-hydroxylation sites is 1. The molecule has 0 bridgehead atoms. The lowest BCUT2D eigenvalue weighted by molar-refractivity contribution is 0.783. The average molecular weight is 749 g/mol. The molecule has 0 amide bonds. The van der Waals surface area contributed by atoms with E-state index in [1.807, 2.05) is 0 Å². The minimum absolute atomic E-state index is 0.549. The fourth-order valence-electron chi connectivity index (χ4n) is 10.8. The van der Waals surface area contributed by atoms with Gasteiger partial charge in [0, 0.05) is 33.2 Å². The molecule has 13 rings (SSSR count). The first-order valence-electron chi connectivity index (χ1n) is 20.5. The topological polar surface area (TPSA) is 8.17 Å². The molecule has 59 heavy (non-hydrogen) atoms. The number of anilines is 3. The van der Waals surface area contributed by atoms with Crippen molar-refractivity contribution in [3.05, 3.63) is 241 Å². The Morgan fingerprint density at radius 3 is 1.75 bits per heavy atom. The molecule has 11 aromatic rings. The van der Waals surface area contributed by atoms with Gasteiger partial charge in [0.05, 0.1) is 22.1 Å². The molecular formula is C57H36N2. The van der Waals surface area contributed by atoms with Gasteiger partial charge in [-0.3, -0.25) is 0 Å². The summed E-state index contributed by atoms with van der Waals surface area (Å²) in [7, 11) is 0. The molecule has 0 saturated heterocycles. The highest BCUT2D eigenvalue weighted by Crippen LogP contribution is 2.63. The Bertz CT molecular complexity index is 3440. The summed E-state index contributed by atoms with van der Waals surface area (Å²) in [6, 6.07) is 81.1. The van der Waals surface area contributed by atoms with E-state index >= 15 is 0 Å². The highest BCUT2D eigenvalue weighted by Gasteiger charge is 2.50. The van der Waals surface area contributed by atoms with Crippen LogP contribution in [0.15, 0.2) is 218 Å². The molecule has 0 fully saturated rings. The largest absolute Gasteiger partial charge is 0.310 e. The second kappa shape index (κ2) is 12.2. The molecule has 2 heteroatoms. The van der Waals surface area contributed by atoms with Crippen LogP contribution >= 0.6 is 0 Å². The Hall–Kier alpha value is -7.68. The van der Waals surface area contributed by atoms with E-state index in [2.05, 4.69) is 228 Å². The standard InChI is InChI=1S/C57H36N2/c1-3-15-37(16-4-1)38-29-32-42(33-30-38)58(51-27-13-18-39-17-7-8-21-44(39)51)43-35-40-31-34-53-56-54(40)50(36-43)57(47-24-11-9-22-45(47)46-23-10-12-25-48(46)57)49-26-14-28-52(55(49)56)59(53)41-19-5-2-6-20-41/h1-36H. The van der Waals surface area contributed by atoms with Crippen LogP contribution < -0.4 is 4.90 Å². The van der Waals surface area contributed by atoms with Crippen LogP contribution in [0.3, 0.4) is 0 Å². The summed E-state index contributed by atoms with van der Waals surface area (Å²) in [4.78, 5) is 2.49. The molecule has 2 nitrogen and oxygen atoms in total. The van der Waals surface area contributed by atoms with Crippen molar-refractivity contribution >= 4 is 60.4 Å². The lowest BCUT2D eigenvalue weighted by atomic mass is 9.63. The van der Waals surface area contributed by atoms with Crippen molar-refractivity contribution in [1.29, 1.82) is 0 Å². The van der Waals surface area contributed by atoms with Gasteiger partial charge in [0.15, 0.2) is 0 Å². The molecular weight excluding hydrogens is 713 g/mol. The Morgan fingerprint density at radius 2 is 0.966 bits per heavy atom. The zero-order chi connectivity index (χ0) is 38.7. The minimum atomic E-state index is -0.549. The average Bonchev–Trinajstić information content (AvgIpc) is 3.81. The number of rotatable bonds is 5. The van der Waals surface area contributed by atoms with Gasteiger partial charge in [0.2, 0.25) is 0 Å². The van der Waals surface area contributed by atoms with Crippen LogP contribution in [-0.4, -0.2) is 4.57 Å². The van der Waals surface area contributed by atoms with Gasteiger partial charge in [-0.2, -0.15) is 0 Å². The Balaban J connectivity index is 1.18. The van der Waals surface area contributed by atoms with Crippen molar-refractivity contribution in [3.63, 3.8) is 0 Å². The second-order valence-corrected chi connectivity index (χ2v) is 16.0. The molecule has 0 atom stereocenters. The van der Waals surface area contributed by atoms with E-state index in [1.165, 1.54) is 93.5 Å². The van der Waals surface area contributed by atoms with Crippen molar-refractivity contribution in [2.75, 3.05) is 4.90 Å². The fraction of sp³-hybridized carbons (Fsp3) is 0.0175. The summed E-state index contributed by atoms with van der Waals surface area (Å²) in [5.41, 5.74) is 16.9. The van der Waals surface area contributed by atoms with E-state index in [-0.39, 0.29) is 0 Å². The first-order valence-corrected chi connectivity index (χ1v) is 20.5. The quantitative estimate of drug-likeness (QED) is 0.170. The van der Waals surface area contributed by atoms with Crippen LogP contribution in [0.5, 0.6) is 0 Å². The summed E-state index contributed by atoms with van der Waals surface area (Å²) < 4.78 is 2.48. The summed E-state index contributed by atoms with van der Waals surface area (Å²) in [6.07, 6.45) is 0. The highest BCUT2D eigenvalue weighted by atomic mass is 15.1. The second-order valence-electron chi connectivity index (χ2n) is 16.0. The van der Waals surface area contributed by atoms with E-state index in [0.29, 0.717) is 0 Å². The predicted octanol–water partition coefficient (Wildman–Crippen LogP) is 14.9. The molecule has 2 aliphatic rings. The van der Waals surface area contributed by atoms with Crippen LogP contribution in [0.2, 0.25) is 0 Å². The SMILES string of the molecule is c1ccc(-c2ccc(N(c3cc4c5c(ccc6c5c5c(cccc5n6-c5ccccc5)C45c4ccccc4-c4ccccc45)c3)c3cccc4ccccc34)cc2)cc1. The van der Waals surface area contributed by atoms with Crippen molar-refractivity contribution in [3.8, 4) is 27.9 Å². The summed E-state index contributed by atoms with van der Waals surface area (Å²) in [6.45, 7) is 0. The molecule has 10 aromatic carbocycles. The van der Waals surface area contributed by atoms with Gasteiger partial charge in [-0.15, -0.1) is 0 Å². The molecule has 1 spiro atoms. The number of benzene rings is 10. The maximum absolute atomic E-state index is 2.54. The zero-order valence-corrected chi connectivity index (χ0v) is 32.2. The number of hydrogen-bond donors (Lipinski definition) is 0. The molecule has 0 radical (unpaired) electrons. The van der Waals surface area contributed by atoms with Crippen molar-refractivity contribution in [2.45, 2.75) is 5.41 Å². The van der Waals surface area contributed by atoms with Crippen LogP contribution in [0.4, 0.5) is 17.1 Å². The van der Waals surface area contributed by atoms with E-state index in [9.17, 15) is 0 Å². The van der Waals surface area contributed by atoms with Gasteiger partial charge in [-0.05, 0) is 115 Å². The molecule has 0 saturated carbocycles. The Labute approximate surface area is 342 Å². The molecule has 1 heterocycles. The van der Waals surface area contributed by atoms with Crippen LogP contribution in [0.1, 0.15) is 22.3 Å². The van der Waals surface area contributed by atoms with Gasteiger partial charge in [0.1, 0.15) is 0 Å². The summed E-state index contributed by atoms with van der Waals surface area (Å²) in [5.74, 6) is 0. The minimum Gasteiger partial charge on any atom is -0.310 e. The van der Waals surface area contributed by atoms with Crippen molar-refractivity contribution in [1.82, 2.24) is 4.57 Å². The van der Waals surface area contributed by atoms with E-state index < -0.39 is 5.41 Å². The number of hydrogen-bond acceptors (Lipinski definition) is 1. The molecule has 274 valence electrons. The highest BCUT2D eigenvalue weighted by molar-refractivity contribution is 6.27. The first-order chi connectivity index (χ1) is 29.3. The fourth-order valence-corrected chi connectivity index (χ4v) is 10.8. The van der Waals surface area contributed by atoms with Gasteiger partial charge >= 0.3 is 0 Å². The van der Waals surface area contributed by atoms with E-state index in [4.69, 9.17) is 0 Å². The molecule has 1 aromatic heterocycles. The van der Waals surface area contributed by atoms with Crippen LogP contribution in [0, 0.1) is 0 Å². The molecule has 0 aliphatic heterocycles. The van der Waals surface area contributed by atoms with Gasteiger partial charge in [-0.25, -0.2) is 0 Å². The van der Waals surface area contributed by atoms with Crippen LogP contribution in [-0.2, 0) is 5.41 Å². The maximum atomic E-state index is 2.54. The molecule has 2 aliphatic carbocycles. The number of nitrogens with zero attached hydrogens (tertiary/aromatic N) is 2. The third kappa shape index (κ3) is 4.35. The lowest BCUT2D eigenvalue weighted by Crippen LogP contribution is -2.31. The Morgan fingerprint density at radius 1 is 0.356 bits per heavy atom. The normalized spacial score (nSPS) is 13.2. The Kier molecular flexibility index (Phi) is 6.68. The van der Waals surface area contributed by atoms with Crippen LogP contribution in [0.25, 0.3) is 71.3 Å². The third-order valence-electron chi connectivity index (χ3n) is 13.1. The summed E-state index contributed by atoms with van der Waals surface area (Å²) >= 11 is 0. The number of fused-ring (bicyclic) bond motifs is 8. The van der Waals surface area contributed by atoms with E-state index in [1.54, 1.807) is 0 Å². The van der Waals surface area contributed by atoms with Gasteiger partial charge in [0.25, 0.3) is 0 Å². The summed E-state index contributed by atoms with van der Waals surface area (Å²) in [5, 5.41) is 7.66. The van der Waals surface area contributed by atoms with Crippen molar-refractivity contribution < 1.29 is 0 Å². The third-order valence-corrected chi connectivity index (χ3v) is 13.1. The lowest BCUT2D eigenvalue weighted by Gasteiger charge is -2.39. The maximum Gasteiger partial charge on any atom is 0.0727 e. The first kappa shape index (κ1) is 32.4. The van der Waals surface area contributed by atoms with Gasteiger partial charge < -0.3 is 9.47 Å². The monoisotopic (exact) mass is 748 g/mol. The number of aromatic nitrogens is 1. The van der Waals surface area contributed by atoms with Crippen molar-refractivity contribution in [2.24, 2.45) is 0 Å². The van der Waals surface area contributed by atoms with Gasteiger partial charge in [-0.1, -0.05) is 164 Å².